The molecule has 2 aromatic rings. The smallest absolute Gasteiger partial charge is 0.339 e. The molecule has 0 heterocycles. The quantitative estimate of drug-likeness (QED) is 0.331. The second-order valence-corrected chi connectivity index (χ2v) is 6.10. The van der Waals surface area contributed by atoms with Crippen LogP contribution in [0.15, 0.2) is 49.1 Å². The molecule has 0 radical (unpaired) electrons. The first-order valence-corrected chi connectivity index (χ1v) is 9.29. The second-order valence-electron chi connectivity index (χ2n) is 6.10. The molecule has 0 amide bonds. The van der Waals surface area contributed by atoms with E-state index in [-0.39, 0.29) is 22.6 Å². The van der Waals surface area contributed by atoms with Crippen LogP contribution in [0.25, 0.3) is 0 Å². The van der Waals surface area contributed by atoms with Crippen LogP contribution < -0.4 is 9.47 Å². The molecule has 8 heteroatoms. The van der Waals surface area contributed by atoms with Crippen LogP contribution in [0.5, 0.6) is 23.0 Å². The van der Waals surface area contributed by atoms with Crippen molar-refractivity contribution in [2.75, 3.05) is 13.2 Å². The maximum Gasteiger partial charge on any atom is 0.339 e. The summed E-state index contributed by atoms with van der Waals surface area (Å²) in [4.78, 5) is 21.2. The topological polar surface area (TPSA) is 134 Å². The van der Waals surface area contributed by atoms with Crippen molar-refractivity contribution < 1.29 is 39.5 Å². The highest BCUT2D eigenvalue weighted by Crippen LogP contribution is 2.24. The van der Waals surface area contributed by atoms with Gasteiger partial charge in [-0.2, -0.15) is 0 Å². The Morgan fingerprint density at radius 2 is 1.37 bits per heavy atom. The molecule has 0 bridgehead atoms. The molecule has 2 rings (SSSR count). The molecular weight excluding hydrogens is 392 g/mol. The van der Waals surface area contributed by atoms with Crippen LogP contribution in [0.3, 0.4) is 0 Å². The fourth-order valence-corrected chi connectivity index (χ4v) is 2.16. The van der Waals surface area contributed by atoms with E-state index in [1.807, 2.05) is 6.92 Å². The van der Waals surface area contributed by atoms with Crippen molar-refractivity contribution in [1.82, 2.24) is 0 Å². The Balaban J connectivity index is 0.000000300. The maximum atomic E-state index is 10.6. The Labute approximate surface area is 174 Å². The number of aromatic carboxylic acids is 2. The summed E-state index contributed by atoms with van der Waals surface area (Å²) in [5.41, 5.74) is -0.246. The van der Waals surface area contributed by atoms with Gasteiger partial charge in [0.15, 0.2) is 0 Å². The Bertz CT molecular complexity index is 860. The Morgan fingerprint density at radius 3 is 1.73 bits per heavy atom. The van der Waals surface area contributed by atoms with Crippen LogP contribution in [0.2, 0.25) is 0 Å². The number of phenols is 2. The normalized spacial score (nSPS) is 9.77. The van der Waals surface area contributed by atoms with E-state index < -0.39 is 11.9 Å². The number of benzene rings is 2. The van der Waals surface area contributed by atoms with Gasteiger partial charge in [0.25, 0.3) is 0 Å². The third kappa shape index (κ3) is 8.14. The predicted octanol–water partition coefficient (Wildman–Crippen LogP) is 4.31. The van der Waals surface area contributed by atoms with Gasteiger partial charge in [-0.05, 0) is 37.1 Å². The summed E-state index contributed by atoms with van der Waals surface area (Å²) in [6, 6.07) is 8.29. The molecule has 4 N–H and O–H groups in total. The zero-order chi connectivity index (χ0) is 22.5. The lowest BCUT2D eigenvalue weighted by Gasteiger charge is -2.06. The molecule has 0 saturated heterocycles. The van der Waals surface area contributed by atoms with E-state index in [0.29, 0.717) is 31.1 Å². The largest absolute Gasteiger partial charge is 0.507 e. The fourth-order valence-electron chi connectivity index (χ4n) is 2.16. The lowest BCUT2D eigenvalue weighted by atomic mass is 10.2. The first kappa shape index (κ1) is 24.4. The standard InChI is InChI=1S/C11H14O4.C11H12O4/c2*1-2-3-6-15-8-4-5-9(11(13)14)10(12)7-8/h4-5,7,12H,2-3,6H2,1H3,(H,13,14);2,4-5,7,12H,1,3,6H2,(H,13,14). The van der Waals surface area contributed by atoms with E-state index in [4.69, 9.17) is 19.7 Å². The molecule has 0 saturated carbocycles. The Hall–Kier alpha value is -3.68. The number of carboxylic acid groups (broad SMARTS) is 2. The molecule has 0 unspecified atom stereocenters. The van der Waals surface area contributed by atoms with Gasteiger partial charge in [0, 0.05) is 12.1 Å². The van der Waals surface area contributed by atoms with Gasteiger partial charge in [-0.15, -0.1) is 6.58 Å². The molecule has 0 spiro atoms. The number of ether oxygens (including phenoxy) is 2. The van der Waals surface area contributed by atoms with Gasteiger partial charge in [0.1, 0.15) is 34.1 Å². The number of hydrogen-bond acceptors (Lipinski definition) is 6. The van der Waals surface area contributed by atoms with Crippen LogP contribution in [0.4, 0.5) is 0 Å². The van der Waals surface area contributed by atoms with Crippen molar-refractivity contribution in [3.8, 4) is 23.0 Å². The minimum absolute atomic E-state index is 0.113. The Morgan fingerprint density at radius 1 is 0.900 bits per heavy atom. The lowest BCUT2D eigenvalue weighted by Crippen LogP contribution is -1.99. The second kappa shape index (κ2) is 12.7. The van der Waals surface area contributed by atoms with E-state index in [0.717, 1.165) is 12.8 Å². The van der Waals surface area contributed by atoms with Crippen LogP contribution >= 0.6 is 0 Å². The van der Waals surface area contributed by atoms with Crippen LogP contribution in [0.1, 0.15) is 46.9 Å². The summed E-state index contributed by atoms with van der Waals surface area (Å²) in [6.45, 7) is 6.62. The van der Waals surface area contributed by atoms with Crippen molar-refractivity contribution in [3.63, 3.8) is 0 Å². The highest BCUT2D eigenvalue weighted by Gasteiger charge is 2.10. The number of carbonyl (C=O) groups is 2. The van der Waals surface area contributed by atoms with Gasteiger partial charge >= 0.3 is 11.9 Å². The molecule has 30 heavy (non-hydrogen) atoms. The van der Waals surface area contributed by atoms with Gasteiger partial charge in [-0.25, -0.2) is 9.59 Å². The summed E-state index contributed by atoms with van der Waals surface area (Å²) in [5, 5.41) is 36.0. The highest BCUT2D eigenvalue weighted by molar-refractivity contribution is 5.91. The molecule has 0 aromatic heterocycles. The summed E-state index contributed by atoms with van der Waals surface area (Å²) in [6.07, 6.45) is 4.37. The van der Waals surface area contributed by atoms with Gasteiger partial charge in [-0.3, -0.25) is 0 Å². The summed E-state index contributed by atoms with van der Waals surface area (Å²) in [5.74, 6) is -1.93. The SMILES string of the molecule is C=CCCOc1ccc(C(=O)O)c(O)c1.CCCCOc1ccc(C(=O)O)c(O)c1. The van der Waals surface area contributed by atoms with E-state index in [2.05, 4.69) is 6.58 Å². The lowest BCUT2D eigenvalue weighted by molar-refractivity contribution is 0.0682. The highest BCUT2D eigenvalue weighted by atomic mass is 16.5. The molecule has 8 nitrogen and oxygen atoms in total. The van der Waals surface area contributed by atoms with Gasteiger partial charge in [0.2, 0.25) is 0 Å². The average molecular weight is 418 g/mol. The number of hydrogen-bond donors (Lipinski definition) is 4. The monoisotopic (exact) mass is 418 g/mol. The number of aromatic hydroxyl groups is 2. The van der Waals surface area contributed by atoms with E-state index in [9.17, 15) is 19.8 Å². The van der Waals surface area contributed by atoms with E-state index >= 15 is 0 Å². The average Bonchev–Trinajstić information content (AvgIpc) is 2.68. The van der Waals surface area contributed by atoms with Crippen LogP contribution in [0, 0.1) is 0 Å². The molecule has 0 atom stereocenters. The molecule has 0 aliphatic rings. The Kier molecular flexibility index (Phi) is 10.3. The third-order valence-electron chi connectivity index (χ3n) is 3.76. The molecular formula is C22H26O8. The summed E-state index contributed by atoms with van der Waals surface area (Å²) >= 11 is 0. The van der Waals surface area contributed by atoms with Crippen molar-refractivity contribution >= 4 is 11.9 Å². The van der Waals surface area contributed by atoms with Crippen LogP contribution in [-0.2, 0) is 0 Å². The number of carboxylic acids is 2. The predicted molar refractivity (Wildman–Crippen MR) is 111 cm³/mol. The van der Waals surface area contributed by atoms with Gasteiger partial charge in [-0.1, -0.05) is 19.4 Å². The molecule has 2 aromatic carbocycles. The van der Waals surface area contributed by atoms with Crippen molar-refractivity contribution in [2.45, 2.75) is 26.2 Å². The maximum absolute atomic E-state index is 10.6. The molecule has 0 aliphatic carbocycles. The van der Waals surface area contributed by atoms with Gasteiger partial charge in [0.05, 0.1) is 13.2 Å². The number of unbranched alkanes of at least 4 members (excludes halogenated alkanes) is 1. The fraction of sp³-hybridized carbons (Fsp3) is 0.273. The minimum atomic E-state index is -1.16. The van der Waals surface area contributed by atoms with Crippen molar-refractivity contribution in [3.05, 3.63) is 60.2 Å². The number of rotatable bonds is 10. The third-order valence-corrected chi connectivity index (χ3v) is 3.76. The van der Waals surface area contributed by atoms with E-state index in [1.54, 1.807) is 12.1 Å². The van der Waals surface area contributed by atoms with E-state index in [1.165, 1.54) is 30.3 Å². The molecule has 162 valence electrons. The van der Waals surface area contributed by atoms with Crippen molar-refractivity contribution in [2.24, 2.45) is 0 Å². The molecule has 0 fully saturated rings. The van der Waals surface area contributed by atoms with Crippen LogP contribution in [-0.4, -0.2) is 45.6 Å². The first-order valence-electron chi connectivity index (χ1n) is 9.29. The molecule has 0 aliphatic heterocycles. The van der Waals surface area contributed by atoms with Crippen molar-refractivity contribution in [1.29, 1.82) is 0 Å². The van der Waals surface area contributed by atoms with Gasteiger partial charge < -0.3 is 29.9 Å². The first-order chi connectivity index (χ1) is 14.3. The minimum Gasteiger partial charge on any atom is -0.507 e. The zero-order valence-electron chi connectivity index (χ0n) is 16.7. The summed E-state index contributed by atoms with van der Waals surface area (Å²) < 4.78 is 10.5. The summed E-state index contributed by atoms with van der Waals surface area (Å²) in [7, 11) is 0. The zero-order valence-corrected chi connectivity index (χ0v) is 16.7.